The topological polar surface area (TPSA) is 81.0 Å². The first-order valence-electron chi connectivity index (χ1n) is 5.10. The van der Waals surface area contributed by atoms with Gasteiger partial charge < -0.3 is 5.32 Å². The zero-order valence-corrected chi connectivity index (χ0v) is 9.96. The van der Waals surface area contributed by atoms with Crippen molar-refractivity contribution in [2.45, 2.75) is 6.54 Å². The lowest BCUT2D eigenvalue weighted by molar-refractivity contribution is -0.385. The van der Waals surface area contributed by atoms with Crippen molar-refractivity contribution < 1.29 is 4.92 Å². The van der Waals surface area contributed by atoms with Gasteiger partial charge in [0.2, 0.25) is 5.95 Å². The SMILES string of the molecule is O=[N+]([O-])c1cnc(NCc2ccccc2Cl)nc1. The minimum atomic E-state index is -0.544. The van der Waals surface area contributed by atoms with Gasteiger partial charge in [-0.15, -0.1) is 0 Å². The van der Waals surface area contributed by atoms with Crippen LogP contribution >= 0.6 is 11.6 Å². The smallest absolute Gasteiger partial charge is 0.305 e. The fourth-order valence-corrected chi connectivity index (χ4v) is 1.53. The number of nitro groups is 1. The number of aromatic nitrogens is 2. The maximum atomic E-state index is 10.4. The molecule has 0 radical (unpaired) electrons. The molecule has 1 aromatic carbocycles. The fraction of sp³-hybridized carbons (Fsp3) is 0.0909. The summed E-state index contributed by atoms with van der Waals surface area (Å²) in [6.07, 6.45) is 2.31. The van der Waals surface area contributed by atoms with Crippen molar-refractivity contribution >= 4 is 23.2 Å². The summed E-state index contributed by atoms with van der Waals surface area (Å²) >= 11 is 5.99. The number of hydrogen-bond acceptors (Lipinski definition) is 5. The highest BCUT2D eigenvalue weighted by Crippen LogP contribution is 2.16. The second-order valence-electron chi connectivity index (χ2n) is 3.47. The molecule has 7 heteroatoms. The first kappa shape index (κ1) is 12.3. The molecule has 92 valence electrons. The van der Waals surface area contributed by atoms with E-state index >= 15 is 0 Å². The van der Waals surface area contributed by atoms with Crippen LogP contribution in [-0.2, 0) is 6.54 Å². The van der Waals surface area contributed by atoms with Crippen LogP contribution in [0.2, 0.25) is 5.02 Å². The molecule has 0 saturated carbocycles. The Hall–Kier alpha value is -2.21. The normalized spacial score (nSPS) is 10.1. The summed E-state index contributed by atoms with van der Waals surface area (Å²) in [5.41, 5.74) is 0.763. The second-order valence-corrected chi connectivity index (χ2v) is 3.87. The lowest BCUT2D eigenvalue weighted by atomic mass is 10.2. The largest absolute Gasteiger partial charge is 0.350 e. The monoisotopic (exact) mass is 264 g/mol. The van der Waals surface area contributed by atoms with Crippen LogP contribution in [0, 0.1) is 10.1 Å². The van der Waals surface area contributed by atoms with Crippen LogP contribution < -0.4 is 5.32 Å². The van der Waals surface area contributed by atoms with Gasteiger partial charge in [-0.05, 0) is 11.6 Å². The molecule has 0 bridgehead atoms. The minimum absolute atomic E-state index is 0.140. The first-order valence-corrected chi connectivity index (χ1v) is 5.48. The average Bonchev–Trinajstić information content (AvgIpc) is 2.38. The van der Waals surface area contributed by atoms with Crippen molar-refractivity contribution in [3.63, 3.8) is 0 Å². The number of benzene rings is 1. The third-order valence-electron chi connectivity index (χ3n) is 2.24. The fourth-order valence-electron chi connectivity index (χ4n) is 1.32. The summed E-state index contributed by atoms with van der Waals surface area (Å²) in [5.74, 6) is 0.320. The van der Waals surface area contributed by atoms with Crippen molar-refractivity contribution in [3.8, 4) is 0 Å². The quantitative estimate of drug-likeness (QED) is 0.678. The summed E-state index contributed by atoms with van der Waals surface area (Å²) < 4.78 is 0. The van der Waals surface area contributed by atoms with Gasteiger partial charge in [0.15, 0.2) is 0 Å². The molecule has 0 aliphatic rings. The molecule has 0 saturated heterocycles. The molecule has 0 atom stereocenters. The van der Waals surface area contributed by atoms with Gasteiger partial charge in [0.05, 0.1) is 4.92 Å². The summed E-state index contributed by atoms with van der Waals surface area (Å²) in [4.78, 5) is 17.6. The van der Waals surface area contributed by atoms with Crippen LogP contribution in [0.4, 0.5) is 11.6 Å². The highest BCUT2D eigenvalue weighted by atomic mass is 35.5. The van der Waals surface area contributed by atoms with Gasteiger partial charge in [0.25, 0.3) is 0 Å². The van der Waals surface area contributed by atoms with Crippen LogP contribution in [-0.4, -0.2) is 14.9 Å². The van der Waals surface area contributed by atoms with Gasteiger partial charge in [-0.2, -0.15) is 0 Å². The van der Waals surface area contributed by atoms with E-state index in [2.05, 4.69) is 15.3 Å². The molecule has 1 aromatic heterocycles. The van der Waals surface area contributed by atoms with Gasteiger partial charge >= 0.3 is 5.69 Å². The summed E-state index contributed by atoms with van der Waals surface area (Å²) in [6.45, 7) is 0.456. The molecule has 2 aromatic rings. The van der Waals surface area contributed by atoms with Crippen molar-refractivity contribution in [3.05, 3.63) is 57.4 Å². The van der Waals surface area contributed by atoms with Crippen LogP contribution in [0.1, 0.15) is 5.56 Å². The highest BCUT2D eigenvalue weighted by Gasteiger charge is 2.06. The molecule has 1 N–H and O–H groups in total. The van der Waals surface area contributed by atoms with E-state index in [0.29, 0.717) is 17.5 Å². The maximum Gasteiger partial charge on any atom is 0.305 e. The van der Waals surface area contributed by atoms with E-state index in [1.54, 1.807) is 6.07 Å². The van der Waals surface area contributed by atoms with Gasteiger partial charge in [0, 0.05) is 11.6 Å². The Morgan fingerprint density at radius 3 is 2.56 bits per heavy atom. The van der Waals surface area contributed by atoms with Crippen molar-refractivity contribution in [2.24, 2.45) is 0 Å². The van der Waals surface area contributed by atoms with E-state index in [1.165, 1.54) is 0 Å². The van der Waals surface area contributed by atoms with E-state index in [-0.39, 0.29) is 5.69 Å². The molecule has 0 aliphatic heterocycles. The molecule has 0 fully saturated rings. The Morgan fingerprint density at radius 2 is 1.94 bits per heavy atom. The number of hydrogen-bond donors (Lipinski definition) is 1. The van der Waals surface area contributed by atoms with Gasteiger partial charge in [-0.1, -0.05) is 29.8 Å². The van der Waals surface area contributed by atoms with Crippen molar-refractivity contribution in [1.29, 1.82) is 0 Å². The summed E-state index contributed by atoms with van der Waals surface area (Å²) in [6, 6.07) is 7.38. The third kappa shape index (κ3) is 2.92. The molecular weight excluding hydrogens is 256 g/mol. The molecule has 0 aliphatic carbocycles. The Labute approximate surface area is 108 Å². The van der Waals surface area contributed by atoms with Crippen LogP contribution in [0.3, 0.4) is 0 Å². The standard InChI is InChI=1S/C11H9ClN4O2/c12-10-4-2-1-3-8(10)5-13-11-14-6-9(7-15-11)16(17)18/h1-4,6-7H,5H2,(H,13,14,15). The molecule has 2 rings (SSSR count). The van der Waals surface area contributed by atoms with Gasteiger partial charge in [-0.25, -0.2) is 9.97 Å². The molecule has 0 amide bonds. The van der Waals surface area contributed by atoms with Crippen LogP contribution in [0.15, 0.2) is 36.7 Å². The summed E-state index contributed by atoms with van der Waals surface area (Å²) in [5, 5.41) is 14.0. The molecular formula is C11H9ClN4O2. The number of nitrogens with one attached hydrogen (secondary N) is 1. The second kappa shape index (κ2) is 5.42. The van der Waals surface area contributed by atoms with Gasteiger partial charge in [-0.3, -0.25) is 10.1 Å². The molecule has 0 spiro atoms. The Morgan fingerprint density at radius 1 is 1.28 bits per heavy atom. The van der Waals surface area contributed by atoms with E-state index in [4.69, 9.17) is 11.6 Å². The molecule has 18 heavy (non-hydrogen) atoms. The zero-order valence-electron chi connectivity index (χ0n) is 9.21. The predicted octanol–water partition coefficient (Wildman–Crippen LogP) is 2.65. The van der Waals surface area contributed by atoms with Gasteiger partial charge in [0.1, 0.15) is 12.4 Å². The van der Waals surface area contributed by atoms with E-state index in [9.17, 15) is 10.1 Å². The van der Waals surface area contributed by atoms with E-state index < -0.39 is 4.92 Å². The van der Waals surface area contributed by atoms with Crippen molar-refractivity contribution in [2.75, 3.05) is 5.32 Å². The maximum absolute atomic E-state index is 10.4. The Kier molecular flexibility index (Phi) is 3.69. The van der Waals surface area contributed by atoms with E-state index in [0.717, 1.165) is 18.0 Å². The minimum Gasteiger partial charge on any atom is -0.350 e. The third-order valence-corrected chi connectivity index (χ3v) is 2.61. The molecule has 0 unspecified atom stereocenters. The number of halogens is 1. The number of anilines is 1. The zero-order chi connectivity index (χ0) is 13.0. The highest BCUT2D eigenvalue weighted by molar-refractivity contribution is 6.31. The summed E-state index contributed by atoms with van der Waals surface area (Å²) in [7, 11) is 0. The number of nitrogens with zero attached hydrogens (tertiary/aromatic N) is 3. The average molecular weight is 265 g/mol. The van der Waals surface area contributed by atoms with Crippen LogP contribution in [0.25, 0.3) is 0 Å². The van der Waals surface area contributed by atoms with Crippen LogP contribution in [0.5, 0.6) is 0 Å². The lowest BCUT2D eigenvalue weighted by Crippen LogP contribution is -2.04. The predicted molar refractivity (Wildman–Crippen MR) is 67.5 cm³/mol. The van der Waals surface area contributed by atoms with E-state index in [1.807, 2.05) is 18.2 Å². The van der Waals surface area contributed by atoms with Crippen molar-refractivity contribution in [1.82, 2.24) is 9.97 Å². The lowest BCUT2D eigenvalue weighted by Gasteiger charge is -2.05. The first-order chi connectivity index (χ1) is 8.66. The number of rotatable bonds is 4. The molecule has 1 heterocycles. The Bertz CT molecular complexity index is 559. The molecule has 6 nitrogen and oxygen atoms in total. The Balaban J connectivity index is 2.02.